The molecule has 4 amide bonds. The molecule has 2 aliphatic rings. The van der Waals surface area contributed by atoms with Gasteiger partial charge in [0.2, 0.25) is 5.91 Å². The van der Waals surface area contributed by atoms with Crippen molar-refractivity contribution < 1.29 is 18.8 Å². The summed E-state index contributed by atoms with van der Waals surface area (Å²) in [5.74, 6) is -0.909. The Morgan fingerprint density at radius 1 is 1.10 bits per heavy atom. The molecule has 6 nitrogen and oxygen atoms in total. The van der Waals surface area contributed by atoms with Gasteiger partial charge in [-0.3, -0.25) is 14.5 Å². The minimum atomic E-state index is -0.848. The summed E-state index contributed by atoms with van der Waals surface area (Å²) >= 11 is 0. The summed E-state index contributed by atoms with van der Waals surface area (Å²) in [4.78, 5) is 40.4. The molecule has 2 aliphatic heterocycles. The topological polar surface area (TPSA) is 69.7 Å². The first-order valence-electron chi connectivity index (χ1n) is 9.72. The van der Waals surface area contributed by atoms with Gasteiger partial charge in [0.15, 0.2) is 0 Å². The second kappa shape index (κ2) is 8.03. The molecule has 1 saturated heterocycles. The van der Waals surface area contributed by atoms with E-state index in [-0.39, 0.29) is 24.7 Å². The number of hydrogen-bond acceptors (Lipinski definition) is 3. The number of carbonyl (C=O) groups is 3. The number of urea groups is 1. The van der Waals surface area contributed by atoms with Gasteiger partial charge in [0.05, 0.1) is 6.42 Å². The van der Waals surface area contributed by atoms with E-state index in [1.54, 1.807) is 17.0 Å². The van der Waals surface area contributed by atoms with Crippen molar-refractivity contribution in [3.05, 3.63) is 71.0 Å². The van der Waals surface area contributed by atoms with Crippen molar-refractivity contribution in [1.29, 1.82) is 0 Å². The maximum absolute atomic E-state index is 13.3. The number of nitrogens with one attached hydrogen (secondary N) is 1. The maximum atomic E-state index is 13.3. The number of carbonyl (C=O) groups excluding carboxylic acids is 3. The summed E-state index contributed by atoms with van der Waals surface area (Å²) in [6.45, 7) is 1.27. The third-order valence-electron chi connectivity index (χ3n) is 5.48. The normalized spacial score (nSPS) is 18.6. The van der Waals surface area contributed by atoms with Crippen molar-refractivity contribution in [2.45, 2.75) is 31.8 Å². The molecule has 29 heavy (non-hydrogen) atoms. The van der Waals surface area contributed by atoms with Crippen LogP contribution in [0, 0.1) is 5.82 Å². The van der Waals surface area contributed by atoms with E-state index < -0.39 is 18.0 Å². The lowest BCUT2D eigenvalue weighted by Gasteiger charge is -2.29. The van der Waals surface area contributed by atoms with Crippen molar-refractivity contribution >= 4 is 17.8 Å². The van der Waals surface area contributed by atoms with Gasteiger partial charge in [-0.2, -0.15) is 0 Å². The third-order valence-corrected chi connectivity index (χ3v) is 5.48. The van der Waals surface area contributed by atoms with E-state index in [4.69, 9.17) is 0 Å². The van der Waals surface area contributed by atoms with Crippen LogP contribution in [-0.2, 0) is 29.0 Å². The summed E-state index contributed by atoms with van der Waals surface area (Å²) in [6.07, 6.45) is 1.09. The Morgan fingerprint density at radius 3 is 2.69 bits per heavy atom. The fourth-order valence-corrected chi connectivity index (χ4v) is 3.87. The molecule has 0 spiro atoms. The summed E-state index contributed by atoms with van der Waals surface area (Å²) in [7, 11) is 0. The Morgan fingerprint density at radius 2 is 1.90 bits per heavy atom. The van der Waals surface area contributed by atoms with E-state index in [1.165, 1.54) is 17.7 Å². The van der Waals surface area contributed by atoms with Gasteiger partial charge in [-0.15, -0.1) is 0 Å². The first kappa shape index (κ1) is 19.1. The molecule has 7 heteroatoms. The molecule has 0 aliphatic carbocycles. The monoisotopic (exact) mass is 395 g/mol. The van der Waals surface area contributed by atoms with Gasteiger partial charge in [0.1, 0.15) is 11.9 Å². The first-order valence-corrected chi connectivity index (χ1v) is 9.72. The average Bonchev–Trinajstić information content (AvgIpc) is 2.98. The van der Waals surface area contributed by atoms with Crippen LogP contribution in [-0.4, -0.2) is 46.8 Å². The number of halogens is 1. The van der Waals surface area contributed by atoms with Crippen molar-refractivity contribution in [3.63, 3.8) is 0 Å². The van der Waals surface area contributed by atoms with Crippen molar-refractivity contribution in [3.8, 4) is 0 Å². The summed E-state index contributed by atoms with van der Waals surface area (Å²) in [5, 5.41) is 2.61. The number of amides is 4. The number of fused-ring (bicyclic) bond motifs is 1. The standard InChI is InChI=1S/C22H22FN3O3/c23-18-7-3-4-15(12-18)8-11-26-21(28)19(24-22(26)29)13-20(27)25-10-9-16-5-1-2-6-17(16)14-25/h1-7,12,19H,8-11,13-14H2,(H,24,29). The zero-order valence-electron chi connectivity index (χ0n) is 15.9. The van der Waals surface area contributed by atoms with Gasteiger partial charge in [-0.25, -0.2) is 9.18 Å². The van der Waals surface area contributed by atoms with E-state index >= 15 is 0 Å². The number of nitrogens with zero attached hydrogens (tertiary/aromatic N) is 2. The largest absolute Gasteiger partial charge is 0.338 e. The average molecular weight is 395 g/mol. The molecule has 1 atom stereocenters. The van der Waals surface area contributed by atoms with E-state index in [9.17, 15) is 18.8 Å². The molecule has 2 aromatic rings. The van der Waals surface area contributed by atoms with Gasteiger partial charge in [-0.05, 0) is 41.7 Å². The Hall–Kier alpha value is -3.22. The molecule has 0 saturated carbocycles. The highest BCUT2D eigenvalue weighted by molar-refractivity contribution is 6.05. The second-order valence-corrected chi connectivity index (χ2v) is 7.41. The Labute approximate surface area is 168 Å². The lowest BCUT2D eigenvalue weighted by Crippen LogP contribution is -2.41. The lowest BCUT2D eigenvalue weighted by atomic mass is 9.99. The molecule has 1 fully saturated rings. The van der Waals surface area contributed by atoms with Gasteiger partial charge < -0.3 is 10.2 Å². The zero-order chi connectivity index (χ0) is 20.4. The summed E-state index contributed by atoms with van der Waals surface area (Å²) < 4.78 is 13.3. The number of rotatable bonds is 5. The van der Waals surface area contributed by atoms with Crippen LogP contribution in [0.1, 0.15) is 23.1 Å². The molecule has 2 aromatic carbocycles. The molecule has 1 N–H and O–H groups in total. The highest BCUT2D eigenvalue weighted by atomic mass is 19.1. The lowest BCUT2D eigenvalue weighted by molar-refractivity contribution is -0.136. The summed E-state index contributed by atoms with van der Waals surface area (Å²) in [6, 6.07) is 12.7. The summed E-state index contributed by atoms with van der Waals surface area (Å²) in [5.41, 5.74) is 3.06. The molecule has 4 rings (SSSR count). The Kier molecular flexibility index (Phi) is 5.29. The fraction of sp³-hybridized carbons (Fsp3) is 0.318. The highest BCUT2D eigenvalue weighted by Gasteiger charge is 2.39. The number of benzene rings is 2. The quantitative estimate of drug-likeness (QED) is 0.790. The van der Waals surface area contributed by atoms with E-state index in [2.05, 4.69) is 11.4 Å². The maximum Gasteiger partial charge on any atom is 0.324 e. The second-order valence-electron chi connectivity index (χ2n) is 7.41. The van der Waals surface area contributed by atoms with E-state index in [1.807, 2.05) is 18.2 Å². The molecule has 0 radical (unpaired) electrons. The highest BCUT2D eigenvalue weighted by Crippen LogP contribution is 2.20. The van der Waals surface area contributed by atoms with Crippen LogP contribution in [0.25, 0.3) is 0 Å². The minimum Gasteiger partial charge on any atom is -0.338 e. The molecular formula is C22H22FN3O3. The fourth-order valence-electron chi connectivity index (χ4n) is 3.87. The van der Waals surface area contributed by atoms with Crippen LogP contribution in [0.2, 0.25) is 0 Å². The van der Waals surface area contributed by atoms with Crippen molar-refractivity contribution in [2.24, 2.45) is 0 Å². The van der Waals surface area contributed by atoms with Crippen LogP contribution in [0.4, 0.5) is 9.18 Å². The molecule has 0 aromatic heterocycles. The predicted octanol–water partition coefficient (Wildman–Crippen LogP) is 2.26. The smallest absolute Gasteiger partial charge is 0.324 e. The minimum absolute atomic E-state index is 0.0524. The van der Waals surface area contributed by atoms with Crippen LogP contribution in [0.15, 0.2) is 48.5 Å². The molecule has 1 unspecified atom stereocenters. The molecular weight excluding hydrogens is 373 g/mol. The van der Waals surface area contributed by atoms with Crippen LogP contribution >= 0.6 is 0 Å². The van der Waals surface area contributed by atoms with Gasteiger partial charge in [0, 0.05) is 19.6 Å². The Balaban J connectivity index is 1.34. The van der Waals surface area contributed by atoms with Crippen LogP contribution < -0.4 is 5.32 Å². The van der Waals surface area contributed by atoms with Crippen molar-refractivity contribution in [2.75, 3.05) is 13.1 Å². The number of imide groups is 1. The van der Waals surface area contributed by atoms with Gasteiger partial charge in [-0.1, -0.05) is 36.4 Å². The van der Waals surface area contributed by atoms with Gasteiger partial charge >= 0.3 is 6.03 Å². The molecule has 2 heterocycles. The molecule has 0 bridgehead atoms. The van der Waals surface area contributed by atoms with E-state index in [0.29, 0.717) is 25.1 Å². The van der Waals surface area contributed by atoms with Gasteiger partial charge in [0.25, 0.3) is 5.91 Å². The SMILES string of the molecule is O=C(CC1NC(=O)N(CCc2cccc(F)c2)C1=O)N1CCc2ccccc2C1. The predicted molar refractivity (Wildman–Crippen MR) is 104 cm³/mol. The molecule has 150 valence electrons. The van der Waals surface area contributed by atoms with Crippen LogP contribution in [0.3, 0.4) is 0 Å². The van der Waals surface area contributed by atoms with Crippen LogP contribution in [0.5, 0.6) is 0 Å². The zero-order valence-corrected chi connectivity index (χ0v) is 15.9. The number of hydrogen-bond donors (Lipinski definition) is 1. The third kappa shape index (κ3) is 4.13. The first-order chi connectivity index (χ1) is 14.0. The Bertz CT molecular complexity index is 962. The van der Waals surface area contributed by atoms with Crippen molar-refractivity contribution in [1.82, 2.24) is 15.1 Å². The van der Waals surface area contributed by atoms with E-state index in [0.717, 1.165) is 16.9 Å².